The first-order valence-corrected chi connectivity index (χ1v) is 22.9. The monoisotopic (exact) mass is 682 g/mol. The molecule has 0 aliphatic rings. The van der Waals surface area contributed by atoms with Crippen molar-refractivity contribution in [2.45, 2.75) is 229 Å². The van der Waals surface area contributed by atoms with Gasteiger partial charge < -0.3 is 0 Å². The first kappa shape index (κ1) is 43.1. The van der Waals surface area contributed by atoms with Crippen LogP contribution < -0.4 is 0 Å². The molecule has 1 aromatic rings. The standard InChI is InChI=1S/C39H75N3S3/c1-4-7-10-13-16-19-22-25-28-31-34-43-37-40-38(44-35-32-29-26-23-20-17-14-11-8-5-2)42-39(41-37)45-36-33-30-27-24-21-18-15-12-9-6-3/h4-36H2,1-3H3. The number of aromatic nitrogens is 3. The Labute approximate surface area is 295 Å². The number of hydrogen-bond donors (Lipinski definition) is 0. The Kier molecular flexibility index (Phi) is 33.9. The van der Waals surface area contributed by atoms with Gasteiger partial charge in [-0.1, -0.05) is 229 Å². The summed E-state index contributed by atoms with van der Waals surface area (Å²) >= 11 is 5.57. The summed E-state index contributed by atoms with van der Waals surface area (Å²) in [6, 6.07) is 0. The molecule has 0 N–H and O–H groups in total. The summed E-state index contributed by atoms with van der Waals surface area (Å²) in [5.41, 5.74) is 0. The average Bonchev–Trinajstić information content (AvgIpc) is 3.05. The molecule has 1 aromatic heterocycles. The molecule has 0 aliphatic carbocycles. The fraction of sp³-hybridized carbons (Fsp3) is 0.923. The van der Waals surface area contributed by atoms with Crippen molar-refractivity contribution in [2.75, 3.05) is 17.3 Å². The van der Waals surface area contributed by atoms with Crippen molar-refractivity contribution in [1.82, 2.24) is 15.0 Å². The molecular weight excluding hydrogens is 607 g/mol. The van der Waals surface area contributed by atoms with Gasteiger partial charge in [0.15, 0.2) is 15.5 Å². The highest BCUT2D eigenvalue weighted by molar-refractivity contribution is 8.00. The van der Waals surface area contributed by atoms with Crippen molar-refractivity contribution in [3.05, 3.63) is 0 Å². The van der Waals surface area contributed by atoms with Crippen molar-refractivity contribution in [2.24, 2.45) is 0 Å². The van der Waals surface area contributed by atoms with Gasteiger partial charge in [0, 0.05) is 17.3 Å². The van der Waals surface area contributed by atoms with Crippen molar-refractivity contribution in [1.29, 1.82) is 0 Å². The number of nitrogens with zero attached hydrogens (tertiary/aromatic N) is 3. The highest BCUT2D eigenvalue weighted by Gasteiger charge is 2.09. The molecule has 3 nitrogen and oxygen atoms in total. The largest absolute Gasteiger partial charge is 0.196 e. The minimum atomic E-state index is 0.956. The average molecular weight is 682 g/mol. The third kappa shape index (κ3) is 29.9. The third-order valence-electron chi connectivity index (χ3n) is 8.76. The van der Waals surface area contributed by atoms with Crippen LogP contribution in [0, 0.1) is 0 Å². The number of rotatable bonds is 36. The molecule has 1 heterocycles. The Morgan fingerprint density at radius 3 is 0.644 bits per heavy atom. The van der Waals surface area contributed by atoms with Crippen molar-refractivity contribution < 1.29 is 0 Å². The van der Waals surface area contributed by atoms with E-state index in [9.17, 15) is 0 Å². The quantitative estimate of drug-likeness (QED) is 0.0518. The molecule has 6 heteroatoms. The highest BCUT2D eigenvalue weighted by atomic mass is 32.2. The van der Waals surface area contributed by atoms with Gasteiger partial charge in [0.25, 0.3) is 0 Å². The molecular formula is C39H75N3S3. The van der Waals surface area contributed by atoms with Crippen molar-refractivity contribution >= 4 is 35.3 Å². The Balaban J connectivity index is 2.33. The summed E-state index contributed by atoms with van der Waals surface area (Å²) < 4.78 is 0. The van der Waals surface area contributed by atoms with E-state index in [4.69, 9.17) is 15.0 Å². The summed E-state index contributed by atoms with van der Waals surface area (Å²) in [7, 11) is 0. The molecule has 0 unspecified atom stereocenters. The molecule has 0 aliphatic heterocycles. The molecule has 264 valence electrons. The molecule has 45 heavy (non-hydrogen) atoms. The molecule has 0 spiro atoms. The van der Waals surface area contributed by atoms with E-state index in [1.54, 1.807) is 0 Å². The normalized spacial score (nSPS) is 11.5. The summed E-state index contributed by atoms with van der Waals surface area (Å²) in [6.45, 7) is 6.90. The van der Waals surface area contributed by atoms with Gasteiger partial charge in [-0.05, 0) is 19.3 Å². The molecule has 0 atom stereocenters. The van der Waals surface area contributed by atoms with Gasteiger partial charge >= 0.3 is 0 Å². The lowest BCUT2D eigenvalue weighted by Crippen LogP contribution is -1.99. The van der Waals surface area contributed by atoms with E-state index < -0.39 is 0 Å². The van der Waals surface area contributed by atoms with Crippen LogP contribution in [0.25, 0.3) is 0 Å². The van der Waals surface area contributed by atoms with Crippen LogP contribution in [0.1, 0.15) is 213 Å². The molecule has 0 radical (unpaired) electrons. The molecule has 0 saturated carbocycles. The Morgan fingerprint density at radius 2 is 0.444 bits per heavy atom. The van der Waals surface area contributed by atoms with E-state index in [2.05, 4.69) is 20.8 Å². The fourth-order valence-electron chi connectivity index (χ4n) is 5.77. The molecule has 1 rings (SSSR count). The van der Waals surface area contributed by atoms with Gasteiger partial charge in [-0.25, -0.2) is 0 Å². The summed E-state index contributed by atoms with van der Waals surface area (Å²) in [5.74, 6) is 3.39. The van der Waals surface area contributed by atoms with E-state index in [1.165, 1.54) is 193 Å². The molecule has 0 saturated heterocycles. The van der Waals surface area contributed by atoms with Gasteiger partial charge in [0.2, 0.25) is 0 Å². The first-order valence-electron chi connectivity index (χ1n) is 19.9. The van der Waals surface area contributed by atoms with E-state index in [-0.39, 0.29) is 0 Å². The molecule has 0 aromatic carbocycles. The predicted octanol–water partition coefficient (Wildman–Crippen LogP) is 14.9. The summed E-state index contributed by atoms with van der Waals surface area (Å²) in [5, 5.41) is 2.87. The Bertz CT molecular complexity index is 626. The molecule has 0 fully saturated rings. The van der Waals surface area contributed by atoms with Crippen LogP contribution in [0.3, 0.4) is 0 Å². The minimum Gasteiger partial charge on any atom is -0.196 e. The number of thioether (sulfide) groups is 3. The summed E-state index contributed by atoms with van der Waals surface area (Å²) in [4.78, 5) is 14.7. The van der Waals surface area contributed by atoms with E-state index >= 15 is 0 Å². The zero-order valence-corrected chi connectivity index (χ0v) is 32.9. The van der Waals surface area contributed by atoms with E-state index in [1.807, 2.05) is 35.3 Å². The van der Waals surface area contributed by atoms with Crippen LogP contribution in [-0.2, 0) is 0 Å². The van der Waals surface area contributed by atoms with Gasteiger partial charge in [-0.3, -0.25) is 0 Å². The predicted molar refractivity (Wildman–Crippen MR) is 208 cm³/mol. The number of hydrogen-bond acceptors (Lipinski definition) is 6. The zero-order valence-electron chi connectivity index (χ0n) is 30.4. The van der Waals surface area contributed by atoms with Crippen molar-refractivity contribution in [3.8, 4) is 0 Å². The Morgan fingerprint density at radius 1 is 0.267 bits per heavy atom. The maximum atomic E-state index is 4.89. The SMILES string of the molecule is CCCCCCCCCCCCSc1nc(SCCCCCCCCCCCC)nc(SCCCCCCCCCCCC)n1. The molecule has 0 amide bonds. The highest BCUT2D eigenvalue weighted by Crippen LogP contribution is 2.26. The van der Waals surface area contributed by atoms with Crippen LogP contribution >= 0.6 is 35.3 Å². The maximum absolute atomic E-state index is 4.89. The van der Waals surface area contributed by atoms with Gasteiger partial charge in [0.1, 0.15) is 0 Å². The van der Waals surface area contributed by atoms with Crippen LogP contribution in [-0.4, -0.2) is 32.2 Å². The second kappa shape index (κ2) is 35.4. The van der Waals surface area contributed by atoms with Crippen LogP contribution in [0.5, 0.6) is 0 Å². The lowest BCUT2D eigenvalue weighted by atomic mass is 10.1. The van der Waals surface area contributed by atoms with Gasteiger partial charge in [0.05, 0.1) is 0 Å². The van der Waals surface area contributed by atoms with E-state index in [0.717, 1.165) is 32.7 Å². The zero-order chi connectivity index (χ0) is 32.3. The van der Waals surface area contributed by atoms with Crippen LogP contribution in [0.4, 0.5) is 0 Å². The second-order valence-corrected chi connectivity index (χ2v) is 16.5. The van der Waals surface area contributed by atoms with Gasteiger partial charge in [-0.2, -0.15) is 15.0 Å². The van der Waals surface area contributed by atoms with E-state index in [0.29, 0.717) is 0 Å². The minimum absolute atomic E-state index is 0.956. The van der Waals surface area contributed by atoms with Crippen molar-refractivity contribution in [3.63, 3.8) is 0 Å². The number of unbranched alkanes of at least 4 members (excludes halogenated alkanes) is 27. The third-order valence-corrected chi connectivity index (χ3v) is 11.6. The summed E-state index contributed by atoms with van der Waals surface area (Å²) in [6.07, 6.45) is 41.6. The smallest absolute Gasteiger partial charge is 0.192 e. The lowest BCUT2D eigenvalue weighted by Gasteiger charge is -2.07. The topological polar surface area (TPSA) is 38.7 Å². The fourth-order valence-corrected chi connectivity index (χ4v) is 8.45. The Hall–Kier alpha value is 0.0600. The lowest BCUT2D eigenvalue weighted by molar-refractivity contribution is 0.562. The van der Waals surface area contributed by atoms with Crippen LogP contribution in [0.15, 0.2) is 15.5 Å². The maximum Gasteiger partial charge on any atom is 0.192 e. The first-order chi connectivity index (χ1) is 22.3. The second-order valence-electron chi connectivity index (χ2n) is 13.3. The van der Waals surface area contributed by atoms with Crippen LogP contribution in [0.2, 0.25) is 0 Å². The molecule has 0 bridgehead atoms. The van der Waals surface area contributed by atoms with Gasteiger partial charge in [-0.15, -0.1) is 0 Å².